The van der Waals surface area contributed by atoms with E-state index in [1.54, 1.807) is 19.1 Å². The van der Waals surface area contributed by atoms with Gasteiger partial charge < -0.3 is 25.4 Å². The fourth-order valence-electron chi connectivity index (χ4n) is 2.28. The molecule has 0 aromatic heterocycles. The Morgan fingerprint density at radius 2 is 1.60 bits per heavy atom. The molecule has 2 aromatic carbocycles. The molecule has 2 rings (SSSR count). The molecule has 0 heterocycles. The molecule has 0 unspecified atom stereocenters. The van der Waals surface area contributed by atoms with Crippen LogP contribution in [0.2, 0.25) is 5.02 Å². The van der Waals surface area contributed by atoms with E-state index in [2.05, 4.69) is 16.0 Å². The summed E-state index contributed by atoms with van der Waals surface area (Å²) in [6.07, 6.45) is 0. The van der Waals surface area contributed by atoms with Crippen LogP contribution in [0, 0.1) is 0 Å². The highest BCUT2D eigenvalue weighted by atomic mass is 35.5. The zero-order valence-corrected chi connectivity index (χ0v) is 17.0. The number of esters is 1. The lowest BCUT2D eigenvalue weighted by atomic mass is 10.2. The van der Waals surface area contributed by atoms with Crippen LogP contribution in [0.25, 0.3) is 0 Å². The van der Waals surface area contributed by atoms with Crippen LogP contribution < -0.4 is 20.7 Å². The van der Waals surface area contributed by atoms with Crippen molar-refractivity contribution in [3.63, 3.8) is 0 Å². The number of anilines is 2. The molecule has 0 atom stereocenters. The SMILES string of the molecule is CCOC(=O)c1ccc(NC(=O)C(=O)NCC(=O)Nc2ccc(OC)c(Cl)c2)cc1. The third kappa shape index (κ3) is 6.49. The van der Waals surface area contributed by atoms with Crippen LogP contribution in [0.3, 0.4) is 0 Å². The van der Waals surface area contributed by atoms with Crippen molar-refractivity contribution in [1.29, 1.82) is 0 Å². The number of benzene rings is 2. The molecule has 0 saturated heterocycles. The van der Waals surface area contributed by atoms with Gasteiger partial charge >= 0.3 is 17.8 Å². The first-order chi connectivity index (χ1) is 14.3. The lowest BCUT2D eigenvalue weighted by molar-refractivity contribution is -0.136. The van der Waals surface area contributed by atoms with Gasteiger partial charge in [0, 0.05) is 11.4 Å². The van der Waals surface area contributed by atoms with Gasteiger partial charge in [-0.05, 0) is 49.4 Å². The number of hydrogen-bond acceptors (Lipinski definition) is 6. The second kappa shape index (κ2) is 10.8. The van der Waals surface area contributed by atoms with Crippen LogP contribution in [-0.2, 0) is 19.1 Å². The Morgan fingerprint density at radius 3 is 2.20 bits per heavy atom. The van der Waals surface area contributed by atoms with Crippen molar-refractivity contribution < 1.29 is 28.7 Å². The molecule has 9 nitrogen and oxygen atoms in total. The third-order valence-electron chi connectivity index (χ3n) is 3.71. The molecule has 0 bridgehead atoms. The Labute approximate surface area is 177 Å². The van der Waals surface area contributed by atoms with Gasteiger partial charge in [0.05, 0.1) is 30.8 Å². The lowest BCUT2D eigenvalue weighted by Gasteiger charge is -2.09. The van der Waals surface area contributed by atoms with Gasteiger partial charge in [0.1, 0.15) is 5.75 Å². The number of methoxy groups -OCH3 is 1. The van der Waals surface area contributed by atoms with Gasteiger partial charge in [-0.1, -0.05) is 11.6 Å². The topological polar surface area (TPSA) is 123 Å². The molecule has 2 aromatic rings. The fraction of sp³-hybridized carbons (Fsp3) is 0.200. The van der Waals surface area contributed by atoms with E-state index in [4.69, 9.17) is 21.1 Å². The monoisotopic (exact) mass is 433 g/mol. The molecule has 0 radical (unpaired) electrons. The van der Waals surface area contributed by atoms with Gasteiger partial charge in [0.25, 0.3) is 0 Å². The Morgan fingerprint density at radius 1 is 0.933 bits per heavy atom. The number of ether oxygens (including phenoxy) is 2. The van der Waals surface area contributed by atoms with Crippen LogP contribution >= 0.6 is 11.6 Å². The number of hydrogen-bond donors (Lipinski definition) is 3. The number of halogens is 1. The van der Waals surface area contributed by atoms with E-state index in [9.17, 15) is 19.2 Å². The van der Waals surface area contributed by atoms with Crippen LogP contribution in [0.15, 0.2) is 42.5 Å². The highest BCUT2D eigenvalue weighted by molar-refractivity contribution is 6.40. The number of carbonyl (C=O) groups excluding carboxylic acids is 4. The highest BCUT2D eigenvalue weighted by Gasteiger charge is 2.16. The molecule has 0 aliphatic heterocycles. The van der Waals surface area contributed by atoms with E-state index in [1.165, 1.54) is 37.4 Å². The van der Waals surface area contributed by atoms with Crippen LogP contribution in [0.5, 0.6) is 5.75 Å². The summed E-state index contributed by atoms with van der Waals surface area (Å²) in [6, 6.07) is 10.5. The standard InChI is InChI=1S/C20H20ClN3O6/c1-3-30-20(28)12-4-6-13(7-5-12)24-19(27)18(26)22-11-17(25)23-14-8-9-16(29-2)15(21)10-14/h4-10H,3,11H2,1-2H3,(H,22,26)(H,23,25)(H,24,27). The van der Waals surface area contributed by atoms with Crippen LogP contribution in [0.4, 0.5) is 11.4 Å². The Hall–Kier alpha value is -3.59. The van der Waals surface area contributed by atoms with E-state index < -0.39 is 30.2 Å². The van der Waals surface area contributed by atoms with E-state index in [0.717, 1.165) is 0 Å². The van der Waals surface area contributed by atoms with Crippen molar-refractivity contribution in [3.05, 3.63) is 53.1 Å². The fourth-order valence-corrected chi connectivity index (χ4v) is 2.54. The quantitative estimate of drug-likeness (QED) is 0.454. The molecule has 0 aliphatic carbocycles. The molecule has 0 spiro atoms. The summed E-state index contributed by atoms with van der Waals surface area (Å²) in [6.45, 7) is 1.52. The highest BCUT2D eigenvalue weighted by Crippen LogP contribution is 2.27. The van der Waals surface area contributed by atoms with Gasteiger partial charge in [0.15, 0.2) is 0 Å². The Bertz CT molecular complexity index is 946. The van der Waals surface area contributed by atoms with Crippen molar-refractivity contribution in [3.8, 4) is 5.75 Å². The summed E-state index contributed by atoms with van der Waals surface area (Å²) in [5.74, 6) is -2.53. The summed E-state index contributed by atoms with van der Waals surface area (Å²) >= 11 is 5.98. The first kappa shape index (κ1) is 22.7. The third-order valence-corrected chi connectivity index (χ3v) is 4.00. The van der Waals surface area contributed by atoms with Crippen LogP contribution in [-0.4, -0.2) is 44.0 Å². The van der Waals surface area contributed by atoms with E-state index >= 15 is 0 Å². The maximum absolute atomic E-state index is 11.9. The molecule has 30 heavy (non-hydrogen) atoms. The average molecular weight is 434 g/mol. The van der Waals surface area contributed by atoms with Gasteiger partial charge in [-0.3, -0.25) is 14.4 Å². The van der Waals surface area contributed by atoms with Gasteiger partial charge in [-0.25, -0.2) is 4.79 Å². The molecule has 0 aliphatic rings. The Kier molecular flexibility index (Phi) is 8.18. The maximum Gasteiger partial charge on any atom is 0.338 e. The molecular weight excluding hydrogens is 414 g/mol. The van der Waals surface area contributed by atoms with Gasteiger partial charge in [-0.15, -0.1) is 0 Å². The van der Waals surface area contributed by atoms with Crippen molar-refractivity contribution in [2.45, 2.75) is 6.92 Å². The predicted molar refractivity (Wildman–Crippen MR) is 111 cm³/mol. The van der Waals surface area contributed by atoms with Crippen molar-refractivity contribution in [2.75, 3.05) is 30.9 Å². The first-order valence-corrected chi connectivity index (χ1v) is 9.21. The second-order valence-electron chi connectivity index (χ2n) is 5.83. The van der Waals surface area contributed by atoms with Crippen molar-refractivity contribution in [2.24, 2.45) is 0 Å². The molecule has 0 saturated carbocycles. The lowest BCUT2D eigenvalue weighted by Crippen LogP contribution is -2.39. The molecule has 3 amide bonds. The maximum atomic E-state index is 11.9. The zero-order chi connectivity index (χ0) is 22.1. The van der Waals surface area contributed by atoms with Crippen molar-refractivity contribution in [1.82, 2.24) is 5.32 Å². The summed E-state index contributed by atoms with van der Waals surface area (Å²) < 4.78 is 9.88. The van der Waals surface area contributed by atoms with Crippen molar-refractivity contribution >= 4 is 46.7 Å². The molecule has 3 N–H and O–H groups in total. The number of amides is 3. The Balaban J connectivity index is 1.82. The van der Waals surface area contributed by atoms with Gasteiger partial charge in [-0.2, -0.15) is 0 Å². The predicted octanol–water partition coefficient (Wildman–Crippen LogP) is 2.22. The largest absolute Gasteiger partial charge is 0.495 e. The van der Waals surface area contributed by atoms with Gasteiger partial charge in [0.2, 0.25) is 5.91 Å². The second-order valence-corrected chi connectivity index (χ2v) is 6.24. The van der Waals surface area contributed by atoms with E-state index in [1.807, 2.05) is 0 Å². The number of rotatable bonds is 7. The summed E-state index contributed by atoms with van der Waals surface area (Å²) in [7, 11) is 1.47. The smallest absolute Gasteiger partial charge is 0.338 e. The minimum atomic E-state index is -0.993. The molecule has 158 valence electrons. The minimum absolute atomic E-state index is 0.247. The minimum Gasteiger partial charge on any atom is -0.495 e. The summed E-state index contributed by atoms with van der Waals surface area (Å²) in [5.41, 5.74) is 1.03. The number of nitrogens with one attached hydrogen (secondary N) is 3. The molecule has 0 fully saturated rings. The van der Waals surface area contributed by atoms with E-state index in [0.29, 0.717) is 27.7 Å². The molecular formula is C20H20ClN3O6. The van der Waals surface area contributed by atoms with E-state index in [-0.39, 0.29) is 6.61 Å². The number of carbonyl (C=O) groups is 4. The summed E-state index contributed by atoms with van der Waals surface area (Å²) in [5, 5.41) is 7.43. The zero-order valence-electron chi connectivity index (χ0n) is 16.3. The molecule has 10 heteroatoms. The van der Waals surface area contributed by atoms with Crippen LogP contribution in [0.1, 0.15) is 17.3 Å². The normalized spacial score (nSPS) is 9.97. The average Bonchev–Trinajstić information content (AvgIpc) is 2.72. The first-order valence-electron chi connectivity index (χ1n) is 8.83. The summed E-state index contributed by atoms with van der Waals surface area (Å²) in [4.78, 5) is 47.4.